The van der Waals surface area contributed by atoms with Gasteiger partial charge in [-0.3, -0.25) is 9.59 Å². The van der Waals surface area contributed by atoms with Gasteiger partial charge in [0.05, 0.1) is 5.02 Å². The average molecular weight is 438 g/mol. The van der Waals surface area contributed by atoms with E-state index in [1.807, 2.05) is 0 Å². The predicted molar refractivity (Wildman–Crippen MR) is 113 cm³/mol. The Morgan fingerprint density at radius 3 is 2.38 bits per heavy atom. The highest BCUT2D eigenvalue weighted by Crippen LogP contribution is 2.24. The molecular formula is C20H24ClN3O4S. The molecule has 0 atom stereocenters. The molecule has 9 heteroatoms. The number of hydrogen-bond acceptors (Lipinski definition) is 4. The lowest BCUT2D eigenvalue weighted by Crippen LogP contribution is -2.40. The summed E-state index contributed by atoms with van der Waals surface area (Å²) in [5.74, 6) is -0.635. The van der Waals surface area contributed by atoms with Crippen molar-refractivity contribution in [1.82, 2.24) is 10.0 Å². The Balaban J connectivity index is 2.17. The maximum atomic E-state index is 12.6. The van der Waals surface area contributed by atoms with Gasteiger partial charge in [-0.1, -0.05) is 23.7 Å². The average Bonchev–Trinajstić information content (AvgIpc) is 2.57. The Bertz CT molecular complexity index is 1030. The minimum Gasteiger partial charge on any atom is -0.348 e. The first kappa shape index (κ1) is 22.9. The molecule has 0 bridgehead atoms. The van der Waals surface area contributed by atoms with Crippen molar-refractivity contribution in [2.24, 2.45) is 0 Å². The number of rotatable bonds is 6. The van der Waals surface area contributed by atoms with Crippen LogP contribution in [0.15, 0.2) is 47.4 Å². The molecule has 0 spiro atoms. The SMILES string of the molecule is CC(=O)Nc1cccc(CNC(=O)c2ccc(Cl)c(S(=O)(=O)NC(C)(C)C)c2)c1. The van der Waals surface area contributed by atoms with Crippen LogP contribution in [0.5, 0.6) is 0 Å². The van der Waals surface area contributed by atoms with Crippen molar-refractivity contribution >= 4 is 39.1 Å². The van der Waals surface area contributed by atoms with Gasteiger partial charge in [-0.15, -0.1) is 0 Å². The summed E-state index contributed by atoms with van der Waals surface area (Å²) < 4.78 is 27.7. The fourth-order valence-corrected chi connectivity index (χ4v) is 4.50. The summed E-state index contributed by atoms with van der Waals surface area (Å²) in [6.07, 6.45) is 0. The van der Waals surface area contributed by atoms with Crippen LogP contribution in [0.25, 0.3) is 0 Å². The third-order valence-electron chi connectivity index (χ3n) is 3.62. The summed E-state index contributed by atoms with van der Waals surface area (Å²) in [7, 11) is -3.89. The fraction of sp³-hybridized carbons (Fsp3) is 0.300. The van der Waals surface area contributed by atoms with Crippen LogP contribution in [0.3, 0.4) is 0 Å². The Hall–Kier alpha value is -2.42. The first-order valence-electron chi connectivity index (χ1n) is 8.86. The van der Waals surface area contributed by atoms with Crippen LogP contribution >= 0.6 is 11.6 Å². The number of anilines is 1. The van der Waals surface area contributed by atoms with E-state index in [0.29, 0.717) is 5.69 Å². The number of benzene rings is 2. The van der Waals surface area contributed by atoms with Gasteiger partial charge in [0, 0.05) is 30.3 Å². The first-order chi connectivity index (χ1) is 13.4. The van der Waals surface area contributed by atoms with Gasteiger partial charge in [-0.05, 0) is 56.7 Å². The summed E-state index contributed by atoms with van der Waals surface area (Å²) in [5, 5.41) is 5.43. The zero-order valence-corrected chi connectivity index (χ0v) is 18.2. The van der Waals surface area contributed by atoms with E-state index in [2.05, 4.69) is 15.4 Å². The number of sulfonamides is 1. The van der Waals surface area contributed by atoms with Gasteiger partial charge in [-0.2, -0.15) is 0 Å². The molecule has 156 valence electrons. The fourth-order valence-electron chi connectivity index (χ4n) is 2.56. The van der Waals surface area contributed by atoms with Gasteiger partial charge >= 0.3 is 0 Å². The number of halogens is 1. The summed E-state index contributed by atoms with van der Waals surface area (Å²) in [6.45, 7) is 6.75. The monoisotopic (exact) mass is 437 g/mol. The molecule has 0 aliphatic carbocycles. The van der Waals surface area contributed by atoms with Gasteiger partial charge < -0.3 is 10.6 Å². The summed E-state index contributed by atoms with van der Waals surface area (Å²) in [5.41, 5.74) is 0.874. The highest BCUT2D eigenvalue weighted by atomic mass is 35.5. The van der Waals surface area contributed by atoms with Crippen LogP contribution in [0.2, 0.25) is 5.02 Å². The molecule has 0 fully saturated rings. The summed E-state index contributed by atoms with van der Waals surface area (Å²) >= 11 is 6.06. The second-order valence-corrected chi connectivity index (χ2v) is 9.62. The summed E-state index contributed by atoms with van der Waals surface area (Å²) in [4.78, 5) is 23.5. The molecule has 0 saturated heterocycles. The van der Waals surface area contributed by atoms with Crippen molar-refractivity contribution in [3.63, 3.8) is 0 Å². The van der Waals surface area contributed by atoms with E-state index in [0.717, 1.165) is 5.56 Å². The normalized spacial score (nSPS) is 11.8. The van der Waals surface area contributed by atoms with E-state index in [4.69, 9.17) is 11.6 Å². The minimum atomic E-state index is -3.89. The van der Waals surface area contributed by atoms with Crippen LogP contribution in [0, 0.1) is 0 Å². The molecule has 0 radical (unpaired) electrons. The van der Waals surface area contributed by atoms with E-state index < -0.39 is 21.5 Å². The van der Waals surface area contributed by atoms with Crippen LogP contribution in [0.1, 0.15) is 43.6 Å². The van der Waals surface area contributed by atoms with Crippen molar-refractivity contribution in [2.45, 2.75) is 44.7 Å². The van der Waals surface area contributed by atoms with Crippen LogP contribution < -0.4 is 15.4 Å². The molecule has 0 aliphatic rings. The van der Waals surface area contributed by atoms with Crippen LogP contribution in [-0.2, 0) is 21.4 Å². The largest absolute Gasteiger partial charge is 0.348 e. The zero-order chi connectivity index (χ0) is 21.8. The quantitative estimate of drug-likeness (QED) is 0.644. The van der Waals surface area contributed by atoms with Crippen molar-refractivity contribution < 1.29 is 18.0 Å². The molecule has 0 aromatic heterocycles. The Labute approximate surface area is 175 Å². The van der Waals surface area contributed by atoms with Crippen molar-refractivity contribution in [2.75, 3.05) is 5.32 Å². The Morgan fingerprint density at radius 1 is 1.07 bits per heavy atom. The molecule has 7 nitrogen and oxygen atoms in total. The molecular weight excluding hydrogens is 414 g/mol. The van der Waals surface area contributed by atoms with Gasteiger partial charge in [0.1, 0.15) is 4.90 Å². The van der Waals surface area contributed by atoms with E-state index in [-0.39, 0.29) is 27.9 Å². The lowest BCUT2D eigenvalue weighted by Gasteiger charge is -2.21. The number of carbonyl (C=O) groups is 2. The van der Waals surface area contributed by atoms with Crippen LogP contribution in [-0.4, -0.2) is 25.8 Å². The lowest BCUT2D eigenvalue weighted by atomic mass is 10.1. The molecule has 29 heavy (non-hydrogen) atoms. The summed E-state index contributed by atoms with van der Waals surface area (Å²) in [6, 6.07) is 11.1. The standard InChI is InChI=1S/C20H24ClN3O4S/c1-13(25)23-16-7-5-6-14(10-16)12-22-19(26)15-8-9-17(21)18(11-15)29(27,28)24-20(2,3)4/h5-11,24H,12H2,1-4H3,(H,22,26)(H,23,25). The minimum absolute atomic E-state index is 0.0290. The van der Waals surface area contributed by atoms with Gasteiger partial charge in [0.25, 0.3) is 5.91 Å². The van der Waals surface area contributed by atoms with E-state index >= 15 is 0 Å². The smallest absolute Gasteiger partial charge is 0.251 e. The molecule has 0 heterocycles. The third kappa shape index (κ3) is 6.85. The van der Waals surface area contributed by atoms with Gasteiger partial charge in [-0.25, -0.2) is 13.1 Å². The molecule has 2 aromatic carbocycles. The highest BCUT2D eigenvalue weighted by Gasteiger charge is 2.25. The van der Waals surface area contributed by atoms with Crippen molar-refractivity contribution in [3.8, 4) is 0 Å². The van der Waals surface area contributed by atoms with Crippen molar-refractivity contribution in [3.05, 3.63) is 58.6 Å². The lowest BCUT2D eigenvalue weighted by molar-refractivity contribution is -0.114. The molecule has 2 amide bonds. The zero-order valence-electron chi connectivity index (χ0n) is 16.7. The second-order valence-electron chi connectivity index (χ2n) is 7.56. The molecule has 2 rings (SSSR count). The molecule has 3 N–H and O–H groups in total. The van der Waals surface area contributed by atoms with E-state index in [1.54, 1.807) is 45.0 Å². The van der Waals surface area contributed by atoms with Crippen LogP contribution in [0.4, 0.5) is 5.69 Å². The Morgan fingerprint density at radius 2 is 1.76 bits per heavy atom. The number of amides is 2. The van der Waals surface area contributed by atoms with Gasteiger partial charge in [0.15, 0.2) is 0 Å². The molecule has 0 unspecified atom stereocenters. The first-order valence-corrected chi connectivity index (χ1v) is 10.7. The second kappa shape index (κ2) is 8.94. The molecule has 0 saturated carbocycles. The topological polar surface area (TPSA) is 104 Å². The maximum Gasteiger partial charge on any atom is 0.251 e. The number of carbonyl (C=O) groups excluding carboxylic acids is 2. The Kier molecular flexibility index (Phi) is 7.05. The predicted octanol–water partition coefficient (Wildman–Crippen LogP) is 3.31. The third-order valence-corrected chi connectivity index (χ3v) is 5.86. The van der Waals surface area contributed by atoms with Gasteiger partial charge in [0.2, 0.25) is 15.9 Å². The number of nitrogens with one attached hydrogen (secondary N) is 3. The van der Waals surface area contributed by atoms with E-state index in [9.17, 15) is 18.0 Å². The maximum absolute atomic E-state index is 12.6. The number of hydrogen-bond donors (Lipinski definition) is 3. The van der Waals surface area contributed by atoms with E-state index in [1.165, 1.54) is 25.1 Å². The molecule has 2 aromatic rings. The molecule has 0 aliphatic heterocycles. The highest BCUT2D eigenvalue weighted by molar-refractivity contribution is 7.89. The van der Waals surface area contributed by atoms with Crippen molar-refractivity contribution in [1.29, 1.82) is 0 Å².